The second-order valence-electron chi connectivity index (χ2n) is 6.48. The zero-order valence-electron chi connectivity index (χ0n) is 12.5. The van der Waals surface area contributed by atoms with Gasteiger partial charge in [0.25, 0.3) is 0 Å². The zero-order valence-corrected chi connectivity index (χ0v) is 13.3. The van der Waals surface area contributed by atoms with Gasteiger partial charge in [-0.2, -0.15) is 0 Å². The van der Waals surface area contributed by atoms with Crippen molar-refractivity contribution in [1.29, 1.82) is 0 Å². The summed E-state index contributed by atoms with van der Waals surface area (Å²) in [4.78, 5) is 0. The molecule has 0 unspecified atom stereocenters. The highest BCUT2D eigenvalue weighted by Crippen LogP contribution is 2.39. The molecule has 2 saturated heterocycles. The van der Waals surface area contributed by atoms with Crippen molar-refractivity contribution in [3.8, 4) is 0 Å². The Morgan fingerprint density at radius 1 is 1.29 bits per heavy atom. The Hall–Kier alpha value is -0.910. The summed E-state index contributed by atoms with van der Waals surface area (Å²) in [5, 5.41) is 0. The van der Waals surface area contributed by atoms with E-state index in [0.717, 1.165) is 25.0 Å². The molecule has 116 valence electrons. The van der Waals surface area contributed by atoms with Crippen LogP contribution in [0.2, 0.25) is 0 Å². The summed E-state index contributed by atoms with van der Waals surface area (Å²) in [5.41, 5.74) is 1.17. The van der Waals surface area contributed by atoms with E-state index in [9.17, 15) is 8.42 Å². The molecule has 0 amide bonds. The third-order valence-electron chi connectivity index (χ3n) is 4.81. The first-order valence-corrected chi connectivity index (χ1v) is 9.22. The van der Waals surface area contributed by atoms with E-state index in [4.69, 9.17) is 4.74 Å². The van der Waals surface area contributed by atoms with E-state index in [1.165, 1.54) is 0 Å². The smallest absolute Gasteiger partial charge is 0.214 e. The Labute approximate surface area is 127 Å². The Morgan fingerprint density at radius 2 is 2.05 bits per heavy atom. The number of hydrogen-bond donors (Lipinski definition) is 0. The molecule has 3 rings (SSSR count). The summed E-state index contributed by atoms with van der Waals surface area (Å²) in [6, 6.07) is 9.86. The maximum atomic E-state index is 12.6. The molecule has 4 nitrogen and oxygen atoms in total. The largest absolute Gasteiger partial charge is 0.381 e. The minimum absolute atomic E-state index is 0.0209. The molecule has 0 saturated carbocycles. The SMILES string of the molecule is C[C@H](CS(=O)(=O)N1CC[C@]2(CCOC2)C1)c1ccccc1. The van der Waals surface area contributed by atoms with Gasteiger partial charge in [-0.3, -0.25) is 0 Å². The average molecular weight is 309 g/mol. The molecule has 0 radical (unpaired) electrons. The van der Waals surface area contributed by atoms with Crippen molar-refractivity contribution in [2.75, 3.05) is 32.1 Å². The quantitative estimate of drug-likeness (QED) is 0.857. The average Bonchev–Trinajstić information content (AvgIpc) is 3.11. The lowest BCUT2D eigenvalue weighted by atomic mass is 9.87. The van der Waals surface area contributed by atoms with Crippen molar-refractivity contribution >= 4 is 10.0 Å². The standard InChI is InChI=1S/C16H23NO3S/c1-14(15-5-3-2-4-6-15)11-21(18,19)17-9-7-16(12-17)8-10-20-13-16/h2-6,14H,7-13H2,1H3/t14-,16+/m1/s1. The highest BCUT2D eigenvalue weighted by molar-refractivity contribution is 7.89. The van der Waals surface area contributed by atoms with Crippen molar-refractivity contribution < 1.29 is 13.2 Å². The Bertz CT molecular complexity index is 579. The summed E-state index contributed by atoms with van der Waals surface area (Å²) in [6.45, 7) is 4.75. The predicted octanol–water partition coefficient (Wildman–Crippen LogP) is 2.23. The van der Waals surface area contributed by atoms with E-state index in [1.54, 1.807) is 4.31 Å². The Balaban J connectivity index is 1.67. The first kappa shape index (κ1) is 15.0. The van der Waals surface area contributed by atoms with Gasteiger partial charge in [-0.1, -0.05) is 37.3 Å². The number of nitrogens with zero attached hydrogens (tertiary/aromatic N) is 1. The molecular weight excluding hydrogens is 286 g/mol. The molecule has 2 fully saturated rings. The molecule has 0 N–H and O–H groups in total. The number of hydrogen-bond acceptors (Lipinski definition) is 3. The van der Waals surface area contributed by atoms with Crippen molar-refractivity contribution in [2.24, 2.45) is 5.41 Å². The van der Waals surface area contributed by atoms with Crippen LogP contribution in [0.1, 0.15) is 31.2 Å². The highest BCUT2D eigenvalue weighted by atomic mass is 32.2. The predicted molar refractivity (Wildman–Crippen MR) is 82.7 cm³/mol. The molecule has 5 heteroatoms. The Kier molecular flexibility index (Phi) is 4.08. The molecule has 2 aliphatic rings. The fraction of sp³-hybridized carbons (Fsp3) is 0.625. The fourth-order valence-corrected chi connectivity index (χ4v) is 5.28. The Morgan fingerprint density at radius 3 is 2.71 bits per heavy atom. The first-order chi connectivity index (χ1) is 10.0. The van der Waals surface area contributed by atoms with Gasteiger partial charge < -0.3 is 4.74 Å². The summed E-state index contributed by atoms with van der Waals surface area (Å²) in [6.07, 6.45) is 1.93. The van der Waals surface area contributed by atoms with Crippen LogP contribution in [0.3, 0.4) is 0 Å². The fourth-order valence-electron chi connectivity index (χ4n) is 3.40. The van der Waals surface area contributed by atoms with Crippen molar-refractivity contribution in [1.82, 2.24) is 4.31 Å². The van der Waals surface area contributed by atoms with Crippen LogP contribution in [0.25, 0.3) is 0 Å². The van der Waals surface area contributed by atoms with Gasteiger partial charge in [-0.25, -0.2) is 12.7 Å². The lowest BCUT2D eigenvalue weighted by Gasteiger charge is -2.23. The van der Waals surface area contributed by atoms with E-state index in [-0.39, 0.29) is 17.1 Å². The van der Waals surface area contributed by atoms with Crippen molar-refractivity contribution in [2.45, 2.75) is 25.7 Å². The molecule has 21 heavy (non-hydrogen) atoms. The summed E-state index contributed by atoms with van der Waals surface area (Å²) in [5.74, 6) is 0.209. The van der Waals surface area contributed by atoms with Crippen LogP contribution in [-0.4, -0.2) is 44.8 Å². The zero-order chi connectivity index (χ0) is 14.9. The van der Waals surface area contributed by atoms with E-state index >= 15 is 0 Å². The number of rotatable bonds is 4. The number of benzene rings is 1. The first-order valence-electron chi connectivity index (χ1n) is 7.61. The maximum absolute atomic E-state index is 12.6. The topological polar surface area (TPSA) is 46.6 Å². The summed E-state index contributed by atoms with van der Waals surface area (Å²) >= 11 is 0. The molecule has 1 aromatic carbocycles. The molecule has 0 aliphatic carbocycles. The van der Waals surface area contributed by atoms with E-state index in [2.05, 4.69) is 0 Å². The van der Waals surface area contributed by atoms with Gasteiger partial charge in [-0.15, -0.1) is 0 Å². The van der Waals surface area contributed by atoms with Crippen LogP contribution in [0, 0.1) is 5.41 Å². The van der Waals surface area contributed by atoms with Gasteiger partial charge in [0.05, 0.1) is 12.4 Å². The molecule has 1 spiro atoms. The van der Waals surface area contributed by atoms with Gasteiger partial charge in [0, 0.05) is 25.1 Å². The summed E-state index contributed by atoms with van der Waals surface area (Å²) in [7, 11) is -3.19. The van der Waals surface area contributed by atoms with Crippen LogP contribution >= 0.6 is 0 Å². The van der Waals surface area contributed by atoms with Gasteiger partial charge in [0.15, 0.2) is 0 Å². The second kappa shape index (κ2) is 5.71. The third-order valence-corrected chi connectivity index (χ3v) is 6.83. The third kappa shape index (κ3) is 3.15. The molecule has 1 aromatic rings. The van der Waals surface area contributed by atoms with E-state index in [0.29, 0.717) is 19.7 Å². The molecule has 0 aromatic heterocycles. The number of ether oxygens (including phenoxy) is 1. The van der Waals surface area contributed by atoms with Gasteiger partial charge in [-0.05, 0) is 24.3 Å². The monoisotopic (exact) mass is 309 g/mol. The molecular formula is C16H23NO3S. The van der Waals surface area contributed by atoms with Crippen LogP contribution in [0.15, 0.2) is 30.3 Å². The molecule has 2 heterocycles. The van der Waals surface area contributed by atoms with Crippen molar-refractivity contribution in [3.05, 3.63) is 35.9 Å². The summed E-state index contributed by atoms with van der Waals surface area (Å²) < 4.78 is 32.4. The lowest BCUT2D eigenvalue weighted by Crippen LogP contribution is -2.35. The van der Waals surface area contributed by atoms with Crippen LogP contribution < -0.4 is 0 Å². The highest BCUT2D eigenvalue weighted by Gasteiger charge is 2.45. The molecule has 0 bridgehead atoms. The van der Waals surface area contributed by atoms with E-state index in [1.807, 2.05) is 37.3 Å². The maximum Gasteiger partial charge on any atom is 0.214 e. The van der Waals surface area contributed by atoms with Crippen LogP contribution in [0.4, 0.5) is 0 Å². The van der Waals surface area contributed by atoms with E-state index < -0.39 is 10.0 Å². The lowest BCUT2D eigenvalue weighted by molar-refractivity contribution is 0.157. The number of sulfonamides is 1. The van der Waals surface area contributed by atoms with Crippen LogP contribution in [0.5, 0.6) is 0 Å². The second-order valence-corrected chi connectivity index (χ2v) is 8.49. The molecule has 2 atom stereocenters. The van der Waals surface area contributed by atoms with Gasteiger partial charge in [0.2, 0.25) is 10.0 Å². The van der Waals surface area contributed by atoms with Crippen LogP contribution in [-0.2, 0) is 14.8 Å². The minimum Gasteiger partial charge on any atom is -0.381 e. The van der Waals surface area contributed by atoms with Gasteiger partial charge in [0.1, 0.15) is 0 Å². The normalized spacial score (nSPS) is 28.2. The molecule has 2 aliphatic heterocycles. The minimum atomic E-state index is -3.19. The van der Waals surface area contributed by atoms with Crippen molar-refractivity contribution in [3.63, 3.8) is 0 Å². The van der Waals surface area contributed by atoms with Gasteiger partial charge >= 0.3 is 0 Å².